The van der Waals surface area contributed by atoms with E-state index in [0.717, 1.165) is 22.6 Å². The highest BCUT2D eigenvalue weighted by Crippen LogP contribution is 2.21. The van der Waals surface area contributed by atoms with Gasteiger partial charge in [-0.15, -0.1) is 0 Å². The molecule has 0 bridgehead atoms. The molecule has 0 saturated heterocycles. The highest BCUT2D eigenvalue weighted by Gasteiger charge is 2.11. The van der Waals surface area contributed by atoms with Crippen molar-refractivity contribution in [3.63, 3.8) is 0 Å². The SMILES string of the molecule is Cc1cnc(C(C)Nc2ccc(C(N)=S)c(C)c2)o1. The summed E-state index contributed by atoms with van der Waals surface area (Å²) in [4.78, 5) is 4.63. The summed E-state index contributed by atoms with van der Waals surface area (Å²) >= 11 is 4.99. The van der Waals surface area contributed by atoms with Crippen LogP contribution in [0.5, 0.6) is 0 Å². The van der Waals surface area contributed by atoms with Gasteiger partial charge in [0.15, 0.2) is 0 Å². The van der Waals surface area contributed by atoms with Crippen LogP contribution in [0.4, 0.5) is 5.69 Å². The molecular formula is C14H17N3OS. The molecule has 0 aliphatic heterocycles. The van der Waals surface area contributed by atoms with Gasteiger partial charge in [-0.2, -0.15) is 0 Å². The highest BCUT2D eigenvalue weighted by molar-refractivity contribution is 7.80. The van der Waals surface area contributed by atoms with Gasteiger partial charge in [-0.1, -0.05) is 12.2 Å². The molecule has 0 fully saturated rings. The molecule has 0 spiro atoms. The summed E-state index contributed by atoms with van der Waals surface area (Å²) < 4.78 is 5.50. The third kappa shape index (κ3) is 3.12. The second kappa shape index (κ2) is 5.40. The van der Waals surface area contributed by atoms with Crippen LogP contribution in [-0.4, -0.2) is 9.97 Å². The van der Waals surface area contributed by atoms with Gasteiger partial charge in [0, 0.05) is 11.3 Å². The average molecular weight is 275 g/mol. The first-order valence-corrected chi connectivity index (χ1v) is 6.47. The van der Waals surface area contributed by atoms with E-state index in [2.05, 4.69) is 10.3 Å². The number of nitrogens with zero attached hydrogens (tertiary/aromatic N) is 1. The van der Waals surface area contributed by atoms with Crippen molar-refractivity contribution in [2.45, 2.75) is 26.8 Å². The maximum absolute atomic E-state index is 5.65. The lowest BCUT2D eigenvalue weighted by Gasteiger charge is -2.13. The van der Waals surface area contributed by atoms with Crippen LogP contribution in [-0.2, 0) is 0 Å². The molecule has 2 aromatic rings. The van der Waals surface area contributed by atoms with Gasteiger partial charge >= 0.3 is 0 Å². The fourth-order valence-electron chi connectivity index (χ4n) is 1.91. The van der Waals surface area contributed by atoms with Gasteiger partial charge in [-0.05, 0) is 44.5 Å². The zero-order valence-corrected chi connectivity index (χ0v) is 12.0. The maximum Gasteiger partial charge on any atom is 0.216 e. The van der Waals surface area contributed by atoms with Crippen molar-refractivity contribution in [2.75, 3.05) is 5.32 Å². The van der Waals surface area contributed by atoms with Crippen LogP contribution in [0.15, 0.2) is 28.8 Å². The van der Waals surface area contributed by atoms with Crippen molar-refractivity contribution >= 4 is 22.9 Å². The lowest BCUT2D eigenvalue weighted by molar-refractivity contribution is 0.453. The highest BCUT2D eigenvalue weighted by atomic mass is 32.1. The average Bonchev–Trinajstić information content (AvgIpc) is 2.75. The van der Waals surface area contributed by atoms with Crippen LogP contribution in [0.25, 0.3) is 0 Å². The fourth-order valence-corrected chi connectivity index (χ4v) is 2.14. The minimum atomic E-state index is 0.00350. The van der Waals surface area contributed by atoms with Gasteiger partial charge in [-0.3, -0.25) is 0 Å². The van der Waals surface area contributed by atoms with Crippen molar-refractivity contribution in [2.24, 2.45) is 5.73 Å². The first-order chi connectivity index (χ1) is 8.97. The Morgan fingerprint density at radius 3 is 2.68 bits per heavy atom. The molecule has 0 amide bonds. The molecular weight excluding hydrogens is 258 g/mol. The smallest absolute Gasteiger partial charge is 0.216 e. The Morgan fingerprint density at radius 1 is 1.42 bits per heavy atom. The van der Waals surface area contributed by atoms with Crippen LogP contribution >= 0.6 is 12.2 Å². The summed E-state index contributed by atoms with van der Waals surface area (Å²) in [7, 11) is 0. The van der Waals surface area contributed by atoms with Gasteiger partial charge in [0.05, 0.1) is 6.20 Å². The predicted octanol–water partition coefficient (Wildman–Crippen LogP) is 3.10. The number of aryl methyl sites for hydroxylation is 2. The number of nitrogens with one attached hydrogen (secondary N) is 1. The molecule has 0 radical (unpaired) electrons. The van der Waals surface area contributed by atoms with Crippen LogP contribution in [0, 0.1) is 13.8 Å². The molecule has 1 aromatic carbocycles. The minimum Gasteiger partial charge on any atom is -0.444 e. The summed E-state index contributed by atoms with van der Waals surface area (Å²) in [6, 6.07) is 5.89. The Hall–Kier alpha value is -1.88. The summed E-state index contributed by atoms with van der Waals surface area (Å²) in [6.45, 7) is 5.87. The number of aromatic nitrogens is 1. The van der Waals surface area contributed by atoms with E-state index in [-0.39, 0.29) is 6.04 Å². The van der Waals surface area contributed by atoms with Gasteiger partial charge in [0.1, 0.15) is 16.8 Å². The van der Waals surface area contributed by atoms with Crippen molar-refractivity contribution in [3.8, 4) is 0 Å². The van der Waals surface area contributed by atoms with E-state index in [9.17, 15) is 0 Å². The molecule has 3 N–H and O–H groups in total. The zero-order valence-electron chi connectivity index (χ0n) is 11.2. The van der Waals surface area contributed by atoms with Gasteiger partial charge < -0.3 is 15.5 Å². The Bertz CT molecular complexity index is 606. The topological polar surface area (TPSA) is 64.1 Å². The Kier molecular flexibility index (Phi) is 3.85. The Balaban J connectivity index is 2.15. The van der Waals surface area contributed by atoms with Crippen molar-refractivity contribution in [1.29, 1.82) is 0 Å². The van der Waals surface area contributed by atoms with E-state index < -0.39 is 0 Å². The van der Waals surface area contributed by atoms with Gasteiger partial charge in [-0.25, -0.2) is 4.98 Å². The third-order valence-corrected chi connectivity index (χ3v) is 3.10. The molecule has 1 heterocycles. The number of hydrogen-bond donors (Lipinski definition) is 2. The lowest BCUT2D eigenvalue weighted by Crippen LogP contribution is -2.12. The number of hydrogen-bond acceptors (Lipinski definition) is 4. The maximum atomic E-state index is 5.65. The molecule has 5 heteroatoms. The number of nitrogens with two attached hydrogens (primary N) is 1. The molecule has 4 nitrogen and oxygen atoms in total. The molecule has 0 saturated carbocycles. The summed E-state index contributed by atoms with van der Waals surface area (Å²) in [5.41, 5.74) is 8.58. The van der Waals surface area contributed by atoms with Crippen LogP contribution < -0.4 is 11.1 Å². The monoisotopic (exact) mass is 275 g/mol. The van der Waals surface area contributed by atoms with E-state index in [1.165, 1.54) is 0 Å². The van der Waals surface area contributed by atoms with E-state index in [4.69, 9.17) is 22.4 Å². The minimum absolute atomic E-state index is 0.00350. The normalized spacial score (nSPS) is 12.2. The standard InChI is InChI=1S/C14H17N3OS/c1-8-6-11(4-5-12(8)13(15)19)17-10(3)14-16-7-9(2)18-14/h4-7,10,17H,1-3H3,(H2,15,19). The Morgan fingerprint density at radius 2 is 2.16 bits per heavy atom. The molecule has 1 aromatic heterocycles. The lowest BCUT2D eigenvalue weighted by atomic mass is 10.1. The molecule has 0 aliphatic rings. The van der Waals surface area contributed by atoms with E-state index in [1.807, 2.05) is 39.0 Å². The number of oxazole rings is 1. The van der Waals surface area contributed by atoms with E-state index in [0.29, 0.717) is 10.9 Å². The predicted molar refractivity (Wildman–Crippen MR) is 80.3 cm³/mol. The molecule has 0 aliphatic carbocycles. The summed E-state index contributed by atoms with van der Waals surface area (Å²) in [6.07, 6.45) is 1.72. The third-order valence-electron chi connectivity index (χ3n) is 2.88. The van der Waals surface area contributed by atoms with Crippen LogP contribution in [0.2, 0.25) is 0 Å². The first-order valence-electron chi connectivity index (χ1n) is 6.06. The van der Waals surface area contributed by atoms with Gasteiger partial charge in [0.2, 0.25) is 5.89 Å². The van der Waals surface area contributed by atoms with Crippen LogP contribution in [0.1, 0.15) is 35.7 Å². The van der Waals surface area contributed by atoms with Gasteiger partial charge in [0.25, 0.3) is 0 Å². The largest absolute Gasteiger partial charge is 0.444 e. The van der Waals surface area contributed by atoms with Crippen molar-refractivity contribution in [3.05, 3.63) is 47.2 Å². The number of rotatable bonds is 4. The molecule has 100 valence electrons. The summed E-state index contributed by atoms with van der Waals surface area (Å²) in [5, 5.41) is 3.34. The number of thiocarbonyl (C=S) groups is 1. The van der Waals surface area contributed by atoms with Crippen molar-refractivity contribution < 1.29 is 4.42 Å². The Labute approximate surface area is 118 Å². The number of anilines is 1. The van der Waals surface area contributed by atoms with E-state index >= 15 is 0 Å². The van der Waals surface area contributed by atoms with Crippen LogP contribution in [0.3, 0.4) is 0 Å². The molecule has 1 unspecified atom stereocenters. The molecule has 1 atom stereocenters. The number of benzene rings is 1. The van der Waals surface area contributed by atoms with Crippen molar-refractivity contribution in [1.82, 2.24) is 4.98 Å². The molecule has 2 rings (SSSR count). The summed E-state index contributed by atoms with van der Waals surface area (Å²) in [5.74, 6) is 1.48. The van der Waals surface area contributed by atoms with E-state index in [1.54, 1.807) is 6.20 Å². The molecule has 19 heavy (non-hydrogen) atoms. The second-order valence-corrected chi connectivity index (χ2v) is 5.01. The fraction of sp³-hybridized carbons (Fsp3) is 0.286. The second-order valence-electron chi connectivity index (χ2n) is 4.57. The first kappa shape index (κ1) is 13.5. The quantitative estimate of drug-likeness (QED) is 0.839. The zero-order chi connectivity index (χ0) is 14.0.